The minimum absolute atomic E-state index is 0.159. The Balaban J connectivity index is 2.19. The zero-order valence-corrected chi connectivity index (χ0v) is 8.75. The molecule has 0 saturated carbocycles. The third kappa shape index (κ3) is 4.75. The number of ether oxygens (including phenoxy) is 2. The van der Waals surface area contributed by atoms with Gasteiger partial charge in [-0.1, -0.05) is 0 Å². The monoisotopic (exact) mass is 216 g/mol. The highest BCUT2D eigenvalue weighted by Gasteiger charge is 2.18. The number of nitrogens with one attached hydrogen (secondary N) is 2. The number of carbonyl (C=O) groups is 2. The Morgan fingerprint density at radius 3 is 3.00 bits per heavy atom. The molecule has 86 valence electrons. The quantitative estimate of drug-likeness (QED) is 0.673. The number of morpholine rings is 1. The summed E-state index contributed by atoms with van der Waals surface area (Å²) >= 11 is 0. The molecule has 1 saturated heterocycles. The zero-order chi connectivity index (χ0) is 11.1. The van der Waals surface area contributed by atoms with Crippen molar-refractivity contribution >= 4 is 12.0 Å². The molecule has 0 radical (unpaired) electrons. The maximum absolute atomic E-state index is 11.3. The second kappa shape index (κ2) is 6.36. The summed E-state index contributed by atoms with van der Waals surface area (Å²) < 4.78 is 9.89. The van der Waals surface area contributed by atoms with E-state index in [4.69, 9.17) is 4.74 Å². The van der Waals surface area contributed by atoms with Crippen LogP contribution in [0.15, 0.2) is 0 Å². The lowest BCUT2D eigenvalue weighted by atomic mass is 10.2. The van der Waals surface area contributed by atoms with Crippen LogP contribution in [0.1, 0.15) is 13.3 Å². The van der Waals surface area contributed by atoms with E-state index in [9.17, 15) is 9.59 Å². The lowest BCUT2D eigenvalue weighted by Crippen LogP contribution is -2.42. The van der Waals surface area contributed by atoms with Crippen molar-refractivity contribution in [3.63, 3.8) is 0 Å². The minimum Gasteiger partial charge on any atom is -0.450 e. The van der Waals surface area contributed by atoms with Crippen LogP contribution in [0.4, 0.5) is 4.79 Å². The number of carbonyl (C=O) groups excluding carboxylic acids is 2. The molecule has 0 aromatic heterocycles. The fourth-order valence-corrected chi connectivity index (χ4v) is 1.29. The van der Waals surface area contributed by atoms with E-state index in [0.29, 0.717) is 13.2 Å². The first-order valence-corrected chi connectivity index (χ1v) is 5.01. The molecule has 6 nitrogen and oxygen atoms in total. The normalized spacial score (nSPS) is 20.7. The molecule has 2 N–H and O–H groups in total. The molecule has 6 heteroatoms. The van der Waals surface area contributed by atoms with E-state index in [1.54, 1.807) is 6.92 Å². The van der Waals surface area contributed by atoms with Gasteiger partial charge in [0.2, 0.25) is 5.91 Å². The van der Waals surface area contributed by atoms with Gasteiger partial charge in [-0.05, 0) is 6.92 Å². The Kier molecular flexibility index (Phi) is 5.06. The van der Waals surface area contributed by atoms with Gasteiger partial charge in [0, 0.05) is 13.1 Å². The van der Waals surface area contributed by atoms with E-state index < -0.39 is 6.09 Å². The topological polar surface area (TPSA) is 76.7 Å². The Labute approximate surface area is 88.3 Å². The van der Waals surface area contributed by atoms with E-state index in [-0.39, 0.29) is 25.0 Å². The molecule has 1 atom stereocenters. The van der Waals surface area contributed by atoms with Gasteiger partial charge in [-0.2, -0.15) is 0 Å². The fraction of sp³-hybridized carbons (Fsp3) is 0.778. The highest BCUT2D eigenvalue weighted by Crippen LogP contribution is 2.00. The van der Waals surface area contributed by atoms with Crippen LogP contribution in [-0.4, -0.2) is 44.4 Å². The van der Waals surface area contributed by atoms with Gasteiger partial charge >= 0.3 is 6.09 Å². The second-order valence-corrected chi connectivity index (χ2v) is 3.17. The number of amides is 2. The summed E-state index contributed by atoms with van der Waals surface area (Å²) in [6.07, 6.45) is -0.689. The molecule has 1 heterocycles. The van der Waals surface area contributed by atoms with E-state index in [2.05, 4.69) is 15.4 Å². The van der Waals surface area contributed by atoms with E-state index in [1.807, 2.05) is 0 Å². The number of alkyl carbamates (subject to hydrolysis) is 1. The molecule has 0 aromatic rings. The lowest BCUT2D eigenvalue weighted by molar-refractivity contribution is -0.123. The van der Waals surface area contributed by atoms with Crippen molar-refractivity contribution in [2.45, 2.75) is 19.4 Å². The first kappa shape index (κ1) is 11.9. The average Bonchev–Trinajstić information content (AvgIpc) is 2.19. The Morgan fingerprint density at radius 2 is 2.40 bits per heavy atom. The Morgan fingerprint density at radius 1 is 1.60 bits per heavy atom. The third-order valence-corrected chi connectivity index (χ3v) is 1.93. The smallest absolute Gasteiger partial charge is 0.413 e. The molecule has 15 heavy (non-hydrogen) atoms. The average molecular weight is 216 g/mol. The predicted octanol–water partition coefficient (Wildman–Crippen LogP) is -0.362. The molecule has 2 amide bonds. The number of rotatable bonds is 3. The van der Waals surface area contributed by atoms with Crippen molar-refractivity contribution in [1.82, 2.24) is 10.6 Å². The van der Waals surface area contributed by atoms with Gasteiger partial charge in [0.1, 0.15) is 0 Å². The lowest BCUT2D eigenvalue weighted by Gasteiger charge is -2.22. The highest BCUT2D eigenvalue weighted by molar-refractivity contribution is 5.91. The summed E-state index contributed by atoms with van der Waals surface area (Å²) in [5, 5.41) is 5.22. The van der Waals surface area contributed by atoms with Gasteiger partial charge in [0.25, 0.3) is 0 Å². The van der Waals surface area contributed by atoms with Crippen molar-refractivity contribution in [2.24, 2.45) is 0 Å². The molecule has 1 rings (SSSR count). The molecule has 0 spiro atoms. The van der Waals surface area contributed by atoms with Gasteiger partial charge in [-0.15, -0.1) is 0 Å². The van der Waals surface area contributed by atoms with Crippen LogP contribution in [0.5, 0.6) is 0 Å². The van der Waals surface area contributed by atoms with Crippen molar-refractivity contribution in [3.05, 3.63) is 0 Å². The van der Waals surface area contributed by atoms with Crippen molar-refractivity contribution < 1.29 is 19.1 Å². The number of imide groups is 1. The SMILES string of the molecule is CCOC(=O)NC(=O)C[C@H]1CNCCO1. The zero-order valence-electron chi connectivity index (χ0n) is 8.75. The van der Waals surface area contributed by atoms with Crippen molar-refractivity contribution in [1.29, 1.82) is 0 Å². The van der Waals surface area contributed by atoms with Gasteiger partial charge in [0.15, 0.2) is 0 Å². The first-order chi connectivity index (χ1) is 7.22. The maximum Gasteiger partial charge on any atom is 0.413 e. The van der Waals surface area contributed by atoms with Crippen LogP contribution in [0.2, 0.25) is 0 Å². The molecular weight excluding hydrogens is 200 g/mol. The standard InChI is InChI=1S/C9H16N2O4/c1-2-14-9(13)11-8(12)5-7-6-10-3-4-15-7/h7,10H,2-6H2,1H3,(H,11,12,13)/t7-/m0/s1. The summed E-state index contributed by atoms with van der Waals surface area (Å²) in [6.45, 7) is 3.96. The highest BCUT2D eigenvalue weighted by atomic mass is 16.5. The fourth-order valence-electron chi connectivity index (χ4n) is 1.29. The third-order valence-electron chi connectivity index (χ3n) is 1.93. The molecule has 1 fully saturated rings. The molecule has 0 bridgehead atoms. The van der Waals surface area contributed by atoms with Crippen LogP contribution in [-0.2, 0) is 14.3 Å². The van der Waals surface area contributed by atoms with Crippen LogP contribution in [0.3, 0.4) is 0 Å². The van der Waals surface area contributed by atoms with Gasteiger partial charge in [-0.3, -0.25) is 10.1 Å². The van der Waals surface area contributed by atoms with Gasteiger partial charge < -0.3 is 14.8 Å². The largest absolute Gasteiger partial charge is 0.450 e. The second-order valence-electron chi connectivity index (χ2n) is 3.17. The maximum atomic E-state index is 11.3. The van der Waals surface area contributed by atoms with Crippen LogP contribution in [0.25, 0.3) is 0 Å². The Bertz CT molecular complexity index is 226. The summed E-state index contributed by atoms with van der Waals surface area (Å²) in [4.78, 5) is 22.2. The van der Waals surface area contributed by atoms with Gasteiger partial charge in [0.05, 0.1) is 25.7 Å². The van der Waals surface area contributed by atoms with Crippen LogP contribution in [0, 0.1) is 0 Å². The van der Waals surface area contributed by atoms with Gasteiger partial charge in [-0.25, -0.2) is 4.79 Å². The molecule has 0 unspecified atom stereocenters. The number of hydrogen-bond acceptors (Lipinski definition) is 5. The molecule has 0 aromatic carbocycles. The Hall–Kier alpha value is -1.14. The summed E-state index contributed by atoms with van der Waals surface area (Å²) in [6, 6.07) is 0. The molecule has 1 aliphatic rings. The summed E-state index contributed by atoms with van der Waals surface area (Å²) in [5.41, 5.74) is 0. The van der Waals surface area contributed by atoms with Crippen molar-refractivity contribution in [3.8, 4) is 0 Å². The number of hydrogen-bond donors (Lipinski definition) is 2. The summed E-state index contributed by atoms with van der Waals surface area (Å²) in [5.74, 6) is -0.373. The van der Waals surface area contributed by atoms with E-state index in [1.165, 1.54) is 0 Å². The molecule has 0 aliphatic carbocycles. The molecular formula is C9H16N2O4. The summed E-state index contributed by atoms with van der Waals surface area (Å²) in [7, 11) is 0. The molecule has 1 aliphatic heterocycles. The van der Waals surface area contributed by atoms with E-state index in [0.717, 1.165) is 6.54 Å². The van der Waals surface area contributed by atoms with Crippen molar-refractivity contribution in [2.75, 3.05) is 26.3 Å². The van der Waals surface area contributed by atoms with Crippen LogP contribution < -0.4 is 10.6 Å². The predicted molar refractivity (Wildman–Crippen MR) is 52.4 cm³/mol. The first-order valence-electron chi connectivity index (χ1n) is 5.01. The van der Waals surface area contributed by atoms with Crippen LogP contribution >= 0.6 is 0 Å². The van der Waals surface area contributed by atoms with E-state index >= 15 is 0 Å². The minimum atomic E-state index is -0.703.